The van der Waals surface area contributed by atoms with Crippen molar-refractivity contribution in [1.82, 2.24) is 19.4 Å². The molecule has 0 aromatic carbocycles. The van der Waals surface area contributed by atoms with Gasteiger partial charge in [0, 0.05) is 36.5 Å². The van der Waals surface area contributed by atoms with Crippen molar-refractivity contribution in [3.63, 3.8) is 0 Å². The number of hydrogen-bond donors (Lipinski definition) is 0. The molecule has 0 radical (unpaired) electrons. The van der Waals surface area contributed by atoms with Crippen molar-refractivity contribution in [3.05, 3.63) is 51.8 Å². The van der Waals surface area contributed by atoms with Crippen molar-refractivity contribution in [1.29, 1.82) is 0 Å². The van der Waals surface area contributed by atoms with E-state index in [2.05, 4.69) is 9.97 Å². The van der Waals surface area contributed by atoms with E-state index in [1.165, 1.54) is 23.2 Å². The second-order valence-electron chi connectivity index (χ2n) is 7.40. The van der Waals surface area contributed by atoms with E-state index >= 15 is 0 Å². The van der Waals surface area contributed by atoms with Gasteiger partial charge >= 0.3 is 6.18 Å². The molecule has 1 aliphatic heterocycles. The van der Waals surface area contributed by atoms with Gasteiger partial charge in [0.15, 0.2) is 0 Å². The SMILES string of the molecule is Cc1ncn(CC(=O)N2CCCC(COc3ncccc3C(F)(F)F)C2)c(=O)c1C. The molecule has 2 aromatic heterocycles. The van der Waals surface area contributed by atoms with Crippen LogP contribution >= 0.6 is 0 Å². The van der Waals surface area contributed by atoms with Crippen LogP contribution in [0.25, 0.3) is 0 Å². The molecule has 0 saturated carbocycles. The van der Waals surface area contributed by atoms with Gasteiger partial charge in [-0.3, -0.25) is 14.2 Å². The van der Waals surface area contributed by atoms with Crippen LogP contribution in [0.15, 0.2) is 29.5 Å². The molecule has 1 saturated heterocycles. The number of carbonyl (C=O) groups excluding carboxylic acids is 1. The first-order valence-electron chi connectivity index (χ1n) is 9.62. The number of carbonyl (C=O) groups is 1. The number of pyridine rings is 1. The Morgan fingerprint density at radius 1 is 1.30 bits per heavy atom. The quantitative estimate of drug-likeness (QED) is 0.738. The minimum Gasteiger partial charge on any atom is -0.477 e. The minimum absolute atomic E-state index is 0.0228. The molecule has 2 aromatic rings. The zero-order valence-electron chi connectivity index (χ0n) is 16.8. The Kier molecular flexibility index (Phi) is 6.42. The summed E-state index contributed by atoms with van der Waals surface area (Å²) in [4.78, 5) is 34.4. The van der Waals surface area contributed by atoms with E-state index in [0.29, 0.717) is 30.8 Å². The van der Waals surface area contributed by atoms with Crippen LogP contribution in [0.1, 0.15) is 29.7 Å². The number of ether oxygens (including phenoxy) is 1. The Hall–Kier alpha value is -2.91. The molecular weight excluding hydrogens is 401 g/mol. The Morgan fingerprint density at radius 3 is 2.80 bits per heavy atom. The molecule has 1 aliphatic rings. The zero-order valence-corrected chi connectivity index (χ0v) is 16.8. The predicted octanol–water partition coefficient (Wildman–Crippen LogP) is 2.59. The van der Waals surface area contributed by atoms with Gasteiger partial charge in [0.2, 0.25) is 11.8 Å². The number of aromatic nitrogens is 3. The average molecular weight is 424 g/mol. The number of aryl methyl sites for hydroxylation is 1. The maximum absolute atomic E-state index is 13.1. The number of nitrogens with zero attached hydrogens (tertiary/aromatic N) is 4. The molecule has 1 amide bonds. The Balaban J connectivity index is 1.62. The smallest absolute Gasteiger partial charge is 0.421 e. The van der Waals surface area contributed by atoms with E-state index in [-0.39, 0.29) is 30.5 Å². The summed E-state index contributed by atoms with van der Waals surface area (Å²) in [7, 11) is 0. The molecule has 0 N–H and O–H groups in total. The van der Waals surface area contributed by atoms with Gasteiger partial charge in [0.1, 0.15) is 12.1 Å². The van der Waals surface area contributed by atoms with Gasteiger partial charge in [-0.15, -0.1) is 0 Å². The third-order valence-corrected chi connectivity index (χ3v) is 5.22. The predicted molar refractivity (Wildman–Crippen MR) is 102 cm³/mol. The van der Waals surface area contributed by atoms with Gasteiger partial charge in [-0.1, -0.05) is 0 Å². The highest BCUT2D eigenvalue weighted by molar-refractivity contribution is 5.76. The van der Waals surface area contributed by atoms with Crippen LogP contribution in [0.5, 0.6) is 5.88 Å². The zero-order chi connectivity index (χ0) is 21.9. The summed E-state index contributed by atoms with van der Waals surface area (Å²) in [5, 5.41) is 0. The molecule has 7 nitrogen and oxygen atoms in total. The number of halogens is 3. The van der Waals surface area contributed by atoms with Crippen molar-refractivity contribution in [2.75, 3.05) is 19.7 Å². The monoisotopic (exact) mass is 424 g/mol. The lowest BCUT2D eigenvalue weighted by molar-refractivity contribution is -0.139. The van der Waals surface area contributed by atoms with Gasteiger partial charge in [0.05, 0.1) is 12.9 Å². The van der Waals surface area contributed by atoms with Gasteiger partial charge in [-0.2, -0.15) is 13.2 Å². The molecule has 0 aliphatic carbocycles. The lowest BCUT2D eigenvalue weighted by Crippen LogP contribution is -2.44. The lowest BCUT2D eigenvalue weighted by atomic mass is 9.99. The van der Waals surface area contributed by atoms with Crippen LogP contribution in [0, 0.1) is 19.8 Å². The van der Waals surface area contributed by atoms with Crippen molar-refractivity contribution in [2.45, 2.75) is 39.4 Å². The van der Waals surface area contributed by atoms with E-state index in [1.54, 1.807) is 18.7 Å². The number of alkyl halides is 3. The standard InChI is InChI=1S/C20H23F3N4O3/c1-13-14(2)25-12-27(19(13)29)10-17(28)26-8-4-5-15(9-26)11-30-18-16(20(21,22)23)6-3-7-24-18/h3,6-7,12,15H,4-5,8-11H2,1-2H3. The van der Waals surface area contributed by atoms with Gasteiger partial charge in [-0.25, -0.2) is 9.97 Å². The number of likely N-dealkylation sites (tertiary alicyclic amines) is 1. The van der Waals surface area contributed by atoms with Crippen LogP contribution < -0.4 is 10.3 Å². The van der Waals surface area contributed by atoms with Crippen LogP contribution in [0.2, 0.25) is 0 Å². The maximum Gasteiger partial charge on any atom is 0.421 e. The molecule has 1 unspecified atom stereocenters. The highest BCUT2D eigenvalue weighted by Gasteiger charge is 2.35. The van der Waals surface area contributed by atoms with Crippen LogP contribution in [0.3, 0.4) is 0 Å². The van der Waals surface area contributed by atoms with E-state index in [0.717, 1.165) is 12.5 Å². The molecule has 1 fully saturated rings. The van der Waals surface area contributed by atoms with E-state index in [1.807, 2.05) is 0 Å². The van der Waals surface area contributed by atoms with Crippen molar-refractivity contribution in [3.8, 4) is 5.88 Å². The molecule has 0 bridgehead atoms. The largest absolute Gasteiger partial charge is 0.477 e. The number of rotatable bonds is 5. The van der Waals surface area contributed by atoms with E-state index in [4.69, 9.17) is 4.74 Å². The summed E-state index contributed by atoms with van der Waals surface area (Å²) in [6, 6.07) is 2.13. The Bertz CT molecular complexity index is 974. The fraction of sp³-hybridized carbons (Fsp3) is 0.500. The van der Waals surface area contributed by atoms with Gasteiger partial charge < -0.3 is 9.64 Å². The Labute approximate surface area is 171 Å². The number of hydrogen-bond acceptors (Lipinski definition) is 5. The summed E-state index contributed by atoms with van der Waals surface area (Å²) < 4.78 is 45.8. The molecule has 30 heavy (non-hydrogen) atoms. The first-order chi connectivity index (χ1) is 14.2. The van der Waals surface area contributed by atoms with Crippen LogP contribution in [-0.2, 0) is 17.5 Å². The Morgan fingerprint density at radius 2 is 2.07 bits per heavy atom. The third kappa shape index (κ3) is 4.98. The normalized spacial score (nSPS) is 17.1. The van der Waals surface area contributed by atoms with E-state index in [9.17, 15) is 22.8 Å². The van der Waals surface area contributed by atoms with E-state index < -0.39 is 17.6 Å². The summed E-state index contributed by atoms with van der Waals surface area (Å²) in [6.07, 6.45) is -0.521. The first-order valence-corrected chi connectivity index (χ1v) is 9.62. The van der Waals surface area contributed by atoms with Gasteiger partial charge in [0.25, 0.3) is 5.56 Å². The fourth-order valence-electron chi connectivity index (χ4n) is 3.38. The highest BCUT2D eigenvalue weighted by atomic mass is 19.4. The summed E-state index contributed by atoms with van der Waals surface area (Å²) >= 11 is 0. The first kappa shape index (κ1) is 21.8. The molecule has 1 atom stereocenters. The molecule has 10 heteroatoms. The summed E-state index contributed by atoms with van der Waals surface area (Å²) in [5.41, 5.74) is -0.0735. The van der Waals surface area contributed by atoms with Gasteiger partial charge in [-0.05, 0) is 38.8 Å². The number of piperidine rings is 1. The number of amides is 1. The fourth-order valence-corrected chi connectivity index (χ4v) is 3.38. The topological polar surface area (TPSA) is 77.3 Å². The van der Waals surface area contributed by atoms with Crippen LogP contribution in [-0.4, -0.2) is 45.0 Å². The molecule has 162 valence electrons. The summed E-state index contributed by atoms with van der Waals surface area (Å²) in [5.74, 6) is -0.817. The van der Waals surface area contributed by atoms with Crippen molar-refractivity contribution in [2.24, 2.45) is 5.92 Å². The van der Waals surface area contributed by atoms with Crippen LogP contribution in [0.4, 0.5) is 13.2 Å². The highest BCUT2D eigenvalue weighted by Crippen LogP contribution is 2.34. The molecule has 0 spiro atoms. The molecule has 3 heterocycles. The minimum atomic E-state index is -4.55. The molecular formula is C20H23F3N4O3. The van der Waals surface area contributed by atoms with Crippen molar-refractivity contribution < 1.29 is 22.7 Å². The average Bonchev–Trinajstić information content (AvgIpc) is 2.72. The maximum atomic E-state index is 13.1. The second-order valence-corrected chi connectivity index (χ2v) is 7.40. The lowest BCUT2D eigenvalue weighted by Gasteiger charge is -2.32. The molecule has 3 rings (SSSR count). The van der Waals surface area contributed by atoms with Crippen molar-refractivity contribution >= 4 is 5.91 Å². The summed E-state index contributed by atoms with van der Waals surface area (Å²) in [6.45, 7) is 4.16. The second kappa shape index (κ2) is 8.85. The third-order valence-electron chi connectivity index (χ3n) is 5.22.